The second-order valence-electron chi connectivity index (χ2n) is 5.51. The molecule has 0 N–H and O–H groups in total. The normalized spacial score (nSPS) is 14.4. The molecule has 1 aliphatic rings. The summed E-state index contributed by atoms with van der Waals surface area (Å²) in [6, 6.07) is 6.33. The zero-order chi connectivity index (χ0) is 14.0. The fourth-order valence-electron chi connectivity index (χ4n) is 2.43. The maximum atomic E-state index is 11.8. The lowest BCUT2D eigenvalue weighted by molar-refractivity contribution is -0.113. The van der Waals surface area contributed by atoms with E-state index in [9.17, 15) is 4.79 Å². The fraction of sp³-hybridized carbons (Fsp3) is 0.471. The Morgan fingerprint density at radius 1 is 1.37 bits per heavy atom. The molecule has 19 heavy (non-hydrogen) atoms. The van der Waals surface area contributed by atoms with E-state index in [1.165, 1.54) is 5.56 Å². The Morgan fingerprint density at radius 2 is 2.11 bits per heavy atom. The van der Waals surface area contributed by atoms with Crippen molar-refractivity contribution in [1.29, 1.82) is 0 Å². The van der Waals surface area contributed by atoms with Crippen molar-refractivity contribution in [3.05, 3.63) is 40.7 Å². The summed E-state index contributed by atoms with van der Waals surface area (Å²) in [6.07, 6.45) is 2.53. The lowest BCUT2D eigenvalue weighted by Gasteiger charge is -2.23. The standard InChI is InChI=1S/C17H22O2/c1-5-6-17-15(12(4)18)10-14-9-13(11(2)3)7-8-16(14)19-17/h7-9,11H,5-6,10H2,1-4H3. The molecular formula is C17H22O2. The number of hydrogen-bond donors (Lipinski definition) is 0. The van der Waals surface area contributed by atoms with Crippen molar-refractivity contribution >= 4 is 5.78 Å². The molecule has 2 heteroatoms. The van der Waals surface area contributed by atoms with E-state index in [1.807, 2.05) is 6.07 Å². The van der Waals surface area contributed by atoms with Crippen molar-refractivity contribution in [3.8, 4) is 5.75 Å². The average Bonchev–Trinajstić information content (AvgIpc) is 2.37. The highest BCUT2D eigenvalue weighted by molar-refractivity contribution is 5.94. The maximum Gasteiger partial charge on any atom is 0.159 e. The molecule has 1 aromatic carbocycles. The summed E-state index contributed by atoms with van der Waals surface area (Å²) in [6.45, 7) is 8.09. The van der Waals surface area contributed by atoms with Gasteiger partial charge in [-0.25, -0.2) is 0 Å². The van der Waals surface area contributed by atoms with Crippen LogP contribution in [-0.2, 0) is 11.2 Å². The van der Waals surface area contributed by atoms with Crippen LogP contribution >= 0.6 is 0 Å². The van der Waals surface area contributed by atoms with Gasteiger partial charge in [0.2, 0.25) is 0 Å². The quantitative estimate of drug-likeness (QED) is 0.800. The van der Waals surface area contributed by atoms with Gasteiger partial charge in [0.25, 0.3) is 0 Å². The molecule has 1 aliphatic heterocycles. The zero-order valence-electron chi connectivity index (χ0n) is 12.2. The molecule has 0 unspecified atom stereocenters. The number of Topliss-reactive ketones (excluding diaryl/α,β-unsaturated/α-hetero) is 1. The molecule has 1 heterocycles. The van der Waals surface area contributed by atoms with Gasteiger partial charge in [-0.3, -0.25) is 4.79 Å². The Morgan fingerprint density at radius 3 is 2.68 bits per heavy atom. The van der Waals surface area contributed by atoms with Gasteiger partial charge in [0, 0.05) is 18.4 Å². The lowest BCUT2D eigenvalue weighted by Crippen LogP contribution is -2.15. The van der Waals surface area contributed by atoms with Gasteiger partial charge in [0.05, 0.1) is 0 Å². The summed E-state index contributed by atoms with van der Waals surface area (Å²) in [5, 5.41) is 0. The number of ketones is 1. The lowest BCUT2D eigenvalue weighted by atomic mass is 9.92. The number of rotatable bonds is 4. The summed E-state index contributed by atoms with van der Waals surface area (Å²) in [4.78, 5) is 11.8. The van der Waals surface area contributed by atoms with Crippen LogP contribution in [0.3, 0.4) is 0 Å². The molecule has 2 rings (SSSR count). The summed E-state index contributed by atoms with van der Waals surface area (Å²) in [5.74, 6) is 2.40. The number of benzene rings is 1. The minimum atomic E-state index is 0.129. The predicted molar refractivity (Wildman–Crippen MR) is 77.5 cm³/mol. The molecule has 102 valence electrons. The molecular weight excluding hydrogens is 236 g/mol. The second-order valence-corrected chi connectivity index (χ2v) is 5.51. The van der Waals surface area contributed by atoms with E-state index >= 15 is 0 Å². The van der Waals surface area contributed by atoms with Crippen molar-refractivity contribution in [1.82, 2.24) is 0 Å². The first-order chi connectivity index (χ1) is 9.02. The molecule has 0 atom stereocenters. The molecule has 0 radical (unpaired) electrons. The third-order valence-corrected chi connectivity index (χ3v) is 3.59. The van der Waals surface area contributed by atoms with Crippen molar-refractivity contribution in [3.63, 3.8) is 0 Å². The maximum absolute atomic E-state index is 11.8. The Balaban J connectivity index is 2.37. The van der Waals surface area contributed by atoms with Gasteiger partial charge < -0.3 is 4.74 Å². The van der Waals surface area contributed by atoms with Crippen LogP contribution in [0.2, 0.25) is 0 Å². The molecule has 0 spiro atoms. The van der Waals surface area contributed by atoms with Crippen LogP contribution in [0.1, 0.15) is 57.6 Å². The molecule has 0 saturated carbocycles. The Bertz CT molecular complexity index is 524. The van der Waals surface area contributed by atoms with Gasteiger partial charge in [-0.05, 0) is 36.5 Å². The highest BCUT2D eigenvalue weighted by atomic mass is 16.5. The summed E-state index contributed by atoms with van der Waals surface area (Å²) in [5.41, 5.74) is 3.27. The van der Waals surface area contributed by atoms with E-state index in [0.29, 0.717) is 12.3 Å². The Labute approximate surface area is 115 Å². The van der Waals surface area contributed by atoms with Gasteiger partial charge in [-0.1, -0.05) is 32.9 Å². The van der Waals surface area contributed by atoms with Gasteiger partial charge in [-0.15, -0.1) is 0 Å². The van der Waals surface area contributed by atoms with E-state index < -0.39 is 0 Å². The van der Waals surface area contributed by atoms with Crippen LogP contribution in [-0.4, -0.2) is 5.78 Å². The predicted octanol–water partition coefficient (Wildman–Crippen LogP) is 4.39. The number of carbonyl (C=O) groups excluding carboxylic acids is 1. The monoisotopic (exact) mass is 258 g/mol. The van der Waals surface area contributed by atoms with Crippen LogP contribution in [0.5, 0.6) is 5.75 Å². The van der Waals surface area contributed by atoms with Crippen LogP contribution in [0.25, 0.3) is 0 Å². The van der Waals surface area contributed by atoms with Gasteiger partial charge in [0.1, 0.15) is 11.5 Å². The van der Waals surface area contributed by atoms with Crippen molar-refractivity contribution < 1.29 is 9.53 Å². The fourth-order valence-corrected chi connectivity index (χ4v) is 2.43. The van der Waals surface area contributed by atoms with Gasteiger partial charge in [-0.2, -0.15) is 0 Å². The largest absolute Gasteiger partial charge is 0.461 e. The first-order valence-electron chi connectivity index (χ1n) is 7.06. The first kappa shape index (κ1) is 13.9. The van der Waals surface area contributed by atoms with Crippen molar-refractivity contribution in [2.45, 2.75) is 52.9 Å². The molecule has 0 bridgehead atoms. The highest BCUT2D eigenvalue weighted by Crippen LogP contribution is 2.34. The minimum absolute atomic E-state index is 0.129. The van der Waals surface area contributed by atoms with E-state index in [-0.39, 0.29) is 5.78 Å². The minimum Gasteiger partial charge on any atom is -0.461 e. The number of hydrogen-bond acceptors (Lipinski definition) is 2. The number of ether oxygens (including phenoxy) is 1. The smallest absolute Gasteiger partial charge is 0.159 e. The molecule has 1 aromatic rings. The number of allylic oxidation sites excluding steroid dienone is 2. The Kier molecular flexibility index (Phi) is 4.08. The van der Waals surface area contributed by atoms with E-state index in [0.717, 1.165) is 35.5 Å². The first-order valence-corrected chi connectivity index (χ1v) is 7.06. The molecule has 0 fully saturated rings. The molecule has 0 aromatic heterocycles. The third kappa shape index (κ3) is 2.89. The molecule has 0 amide bonds. The average molecular weight is 258 g/mol. The highest BCUT2D eigenvalue weighted by Gasteiger charge is 2.22. The van der Waals surface area contributed by atoms with Gasteiger partial charge >= 0.3 is 0 Å². The summed E-state index contributed by atoms with van der Waals surface area (Å²) >= 11 is 0. The Hall–Kier alpha value is -1.57. The van der Waals surface area contributed by atoms with E-state index in [2.05, 4.69) is 32.9 Å². The second kappa shape index (κ2) is 5.60. The summed E-state index contributed by atoms with van der Waals surface area (Å²) < 4.78 is 5.94. The molecule has 2 nitrogen and oxygen atoms in total. The van der Waals surface area contributed by atoms with Crippen molar-refractivity contribution in [2.75, 3.05) is 0 Å². The van der Waals surface area contributed by atoms with Crippen molar-refractivity contribution in [2.24, 2.45) is 0 Å². The molecule has 0 aliphatic carbocycles. The van der Waals surface area contributed by atoms with Crippen LogP contribution < -0.4 is 4.74 Å². The van der Waals surface area contributed by atoms with Crippen LogP contribution in [0.4, 0.5) is 0 Å². The zero-order valence-corrected chi connectivity index (χ0v) is 12.2. The molecule has 0 saturated heterocycles. The summed E-state index contributed by atoms with van der Waals surface area (Å²) in [7, 11) is 0. The van der Waals surface area contributed by atoms with E-state index in [1.54, 1.807) is 6.92 Å². The number of carbonyl (C=O) groups is 1. The van der Waals surface area contributed by atoms with Crippen LogP contribution in [0.15, 0.2) is 29.5 Å². The SMILES string of the molecule is CCCC1=C(C(C)=O)Cc2cc(C(C)C)ccc2O1. The number of fused-ring (bicyclic) bond motifs is 1. The third-order valence-electron chi connectivity index (χ3n) is 3.59. The van der Waals surface area contributed by atoms with Crippen LogP contribution in [0, 0.1) is 0 Å². The topological polar surface area (TPSA) is 26.3 Å². The van der Waals surface area contributed by atoms with E-state index in [4.69, 9.17) is 4.74 Å². The van der Waals surface area contributed by atoms with Gasteiger partial charge in [0.15, 0.2) is 5.78 Å².